The van der Waals surface area contributed by atoms with Crippen LogP contribution in [0.5, 0.6) is 0 Å². The van der Waals surface area contributed by atoms with Crippen molar-refractivity contribution in [3.05, 3.63) is 120 Å². The third-order valence-corrected chi connectivity index (χ3v) is 5.62. The molecule has 0 amide bonds. The van der Waals surface area contributed by atoms with Crippen LogP contribution in [0.2, 0.25) is 0 Å². The first-order valence-corrected chi connectivity index (χ1v) is 11.3. The van der Waals surface area contributed by atoms with Crippen molar-refractivity contribution in [2.75, 3.05) is 10.3 Å². The van der Waals surface area contributed by atoms with Gasteiger partial charge >= 0.3 is 0 Å². The number of nitrogens with zero attached hydrogens (tertiary/aromatic N) is 2. The van der Waals surface area contributed by atoms with Crippen molar-refractivity contribution in [3.63, 3.8) is 0 Å². The lowest BCUT2D eigenvalue weighted by atomic mass is 10.1. The summed E-state index contributed by atoms with van der Waals surface area (Å²) in [5.41, 5.74) is 10.9. The van der Waals surface area contributed by atoms with Gasteiger partial charge in [0.2, 0.25) is 0 Å². The quantitative estimate of drug-likeness (QED) is 0.170. The van der Waals surface area contributed by atoms with Crippen LogP contribution in [0.1, 0.15) is 16.7 Å². The maximum absolute atomic E-state index is 4.34. The molecule has 0 aliphatic rings. The molecule has 0 atom stereocenters. The molecule has 0 spiro atoms. The number of hydrazone groups is 1. The highest BCUT2D eigenvalue weighted by molar-refractivity contribution is 9.08. The van der Waals surface area contributed by atoms with Gasteiger partial charge in [-0.25, -0.2) is 0 Å². The second kappa shape index (κ2) is 10.1. The Balaban J connectivity index is 1.59. The van der Waals surface area contributed by atoms with Gasteiger partial charge in [0.15, 0.2) is 0 Å². The van der Waals surface area contributed by atoms with Gasteiger partial charge in [0.1, 0.15) is 0 Å². The maximum Gasteiger partial charge on any atom is 0.0561 e. The zero-order valence-electron chi connectivity index (χ0n) is 17.4. The Morgan fingerprint density at radius 3 is 1.87 bits per heavy atom. The average molecular weight is 470 g/mol. The Kier molecular flexibility index (Phi) is 6.80. The van der Waals surface area contributed by atoms with E-state index in [1.54, 1.807) is 0 Å². The lowest BCUT2D eigenvalue weighted by Crippen LogP contribution is -2.10. The smallest absolute Gasteiger partial charge is 0.0561 e. The van der Waals surface area contributed by atoms with E-state index in [4.69, 9.17) is 0 Å². The number of rotatable bonds is 7. The van der Waals surface area contributed by atoms with Crippen molar-refractivity contribution in [2.45, 2.75) is 12.3 Å². The zero-order valence-corrected chi connectivity index (χ0v) is 19.0. The molecule has 0 aliphatic heterocycles. The van der Waals surface area contributed by atoms with E-state index in [1.165, 1.54) is 11.1 Å². The summed E-state index contributed by atoms with van der Waals surface area (Å²) in [5, 5.41) is 5.19. The Morgan fingerprint density at radius 1 is 0.742 bits per heavy atom. The van der Waals surface area contributed by atoms with Crippen molar-refractivity contribution in [1.29, 1.82) is 0 Å². The third-order valence-electron chi connectivity index (χ3n) is 4.97. The molecule has 0 fully saturated rings. The number of aryl methyl sites for hydroxylation is 1. The van der Waals surface area contributed by atoms with Crippen molar-refractivity contribution < 1.29 is 0 Å². The van der Waals surface area contributed by atoms with Crippen LogP contribution >= 0.6 is 15.9 Å². The standard InChI is InChI=1S/C27H24BrN3/c1-21-7-13-25(14-8-21)31(26-15-9-22(19-28)10-16-26)27-17-11-23(12-18-27)20-29-30-24-5-3-2-4-6-24/h2-18,20,30H,19H2,1H3. The first-order chi connectivity index (χ1) is 15.2. The van der Waals surface area contributed by atoms with Crippen molar-refractivity contribution in [2.24, 2.45) is 5.10 Å². The van der Waals surface area contributed by atoms with Gasteiger partial charge in [-0.1, -0.05) is 76.1 Å². The largest absolute Gasteiger partial charge is 0.311 e. The molecular formula is C27H24BrN3. The molecule has 0 saturated heterocycles. The first kappa shape index (κ1) is 20.9. The summed E-state index contributed by atoms with van der Waals surface area (Å²) in [5.74, 6) is 0. The zero-order chi connectivity index (χ0) is 21.5. The van der Waals surface area contributed by atoms with E-state index in [0.717, 1.165) is 33.6 Å². The predicted molar refractivity (Wildman–Crippen MR) is 136 cm³/mol. The Labute approximate surface area is 192 Å². The summed E-state index contributed by atoms with van der Waals surface area (Å²) in [7, 11) is 0. The third kappa shape index (κ3) is 5.41. The monoisotopic (exact) mass is 469 g/mol. The van der Waals surface area contributed by atoms with E-state index in [0.29, 0.717) is 0 Å². The van der Waals surface area contributed by atoms with E-state index < -0.39 is 0 Å². The van der Waals surface area contributed by atoms with E-state index in [2.05, 4.69) is 111 Å². The molecule has 4 aromatic rings. The molecule has 0 saturated carbocycles. The van der Waals surface area contributed by atoms with Crippen LogP contribution in [0.4, 0.5) is 22.7 Å². The molecule has 4 aromatic carbocycles. The summed E-state index contributed by atoms with van der Waals surface area (Å²) in [4.78, 5) is 2.26. The summed E-state index contributed by atoms with van der Waals surface area (Å²) < 4.78 is 0. The molecule has 0 radical (unpaired) electrons. The summed E-state index contributed by atoms with van der Waals surface area (Å²) >= 11 is 3.53. The molecular weight excluding hydrogens is 446 g/mol. The molecule has 3 nitrogen and oxygen atoms in total. The fourth-order valence-electron chi connectivity index (χ4n) is 3.28. The normalized spacial score (nSPS) is 10.9. The predicted octanol–water partition coefficient (Wildman–Crippen LogP) is 7.81. The lowest BCUT2D eigenvalue weighted by molar-refractivity contribution is 1.26. The Hall–Kier alpha value is -3.37. The van der Waals surface area contributed by atoms with Crippen LogP contribution in [-0.2, 0) is 5.33 Å². The van der Waals surface area contributed by atoms with Gasteiger partial charge < -0.3 is 4.90 Å². The molecule has 4 rings (SSSR count). The minimum Gasteiger partial charge on any atom is -0.311 e. The number of hydrogen-bond donors (Lipinski definition) is 1. The Morgan fingerprint density at radius 2 is 1.29 bits per heavy atom. The summed E-state index contributed by atoms with van der Waals surface area (Å²) in [6.07, 6.45) is 1.83. The minimum absolute atomic E-state index is 0.850. The first-order valence-electron chi connectivity index (χ1n) is 10.2. The molecule has 0 aliphatic carbocycles. The van der Waals surface area contributed by atoms with E-state index in [9.17, 15) is 0 Å². The molecule has 0 aromatic heterocycles. The van der Waals surface area contributed by atoms with Gasteiger partial charge in [0.05, 0.1) is 11.9 Å². The fourth-order valence-corrected chi connectivity index (χ4v) is 3.65. The number of nitrogens with one attached hydrogen (secondary N) is 1. The summed E-state index contributed by atoms with van der Waals surface area (Å²) in [6, 6.07) is 35.6. The van der Waals surface area contributed by atoms with Gasteiger partial charge in [0.25, 0.3) is 0 Å². The second-order valence-electron chi connectivity index (χ2n) is 7.30. The van der Waals surface area contributed by atoms with Gasteiger partial charge in [-0.05, 0) is 66.6 Å². The van der Waals surface area contributed by atoms with E-state index in [-0.39, 0.29) is 0 Å². The number of benzene rings is 4. The fraction of sp³-hybridized carbons (Fsp3) is 0.0741. The molecule has 154 valence electrons. The van der Waals surface area contributed by atoms with Crippen LogP contribution < -0.4 is 10.3 Å². The van der Waals surface area contributed by atoms with Crippen LogP contribution in [0.15, 0.2) is 108 Å². The maximum atomic E-state index is 4.34. The van der Waals surface area contributed by atoms with E-state index >= 15 is 0 Å². The van der Waals surface area contributed by atoms with Gasteiger partial charge in [-0.2, -0.15) is 5.10 Å². The van der Waals surface area contributed by atoms with Crippen molar-refractivity contribution >= 4 is 44.9 Å². The number of halogens is 1. The van der Waals surface area contributed by atoms with Gasteiger partial charge in [-0.15, -0.1) is 0 Å². The topological polar surface area (TPSA) is 27.6 Å². The molecule has 31 heavy (non-hydrogen) atoms. The molecule has 4 heteroatoms. The second-order valence-corrected chi connectivity index (χ2v) is 7.86. The minimum atomic E-state index is 0.850. The average Bonchev–Trinajstić information content (AvgIpc) is 2.83. The van der Waals surface area contributed by atoms with Crippen molar-refractivity contribution in [3.8, 4) is 0 Å². The van der Waals surface area contributed by atoms with Gasteiger partial charge in [0, 0.05) is 22.4 Å². The summed E-state index contributed by atoms with van der Waals surface area (Å²) in [6.45, 7) is 2.11. The molecule has 0 unspecified atom stereocenters. The number of hydrogen-bond acceptors (Lipinski definition) is 3. The molecule has 1 N–H and O–H groups in total. The van der Waals surface area contributed by atoms with E-state index in [1.807, 2.05) is 36.5 Å². The van der Waals surface area contributed by atoms with Crippen LogP contribution in [0.3, 0.4) is 0 Å². The Bertz CT molecular complexity index is 1120. The number of para-hydroxylation sites is 1. The van der Waals surface area contributed by atoms with Crippen molar-refractivity contribution in [1.82, 2.24) is 0 Å². The van der Waals surface area contributed by atoms with Crippen LogP contribution in [0.25, 0.3) is 0 Å². The highest BCUT2D eigenvalue weighted by Crippen LogP contribution is 2.34. The van der Waals surface area contributed by atoms with Crippen LogP contribution in [0, 0.1) is 6.92 Å². The lowest BCUT2D eigenvalue weighted by Gasteiger charge is -2.26. The highest BCUT2D eigenvalue weighted by Gasteiger charge is 2.12. The number of anilines is 4. The SMILES string of the molecule is Cc1ccc(N(c2ccc(C=NNc3ccccc3)cc2)c2ccc(CBr)cc2)cc1. The molecule has 0 bridgehead atoms. The van der Waals surface area contributed by atoms with Gasteiger partial charge in [-0.3, -0.25) is 5.43 Å². The van der Waals surface area contributed by atoms with Crippen LogP contribution in [-0.4, -0.2) is 6.21 Å². The number of alkyl halides is 1. The highest BCUT2D eigenvalue weighted by atomic mass is 79.9. The molecule has 0 heterocycles.